The van der Waals surface area contributed by atoms with E-state index in [9.17, 15) is 4.79 Å². The number of pyridine rings is 1. The lowest BCUT2D eigenvalue weighted by Gasteiger charge is -2.07. The first kappa shape index (κ1) is 10.6. The van der Waals surface area contributed by atoms with Gasteiger partial charge in [0.15, 0.2) is 0 Å². The molecule has 0 unspecified atom stereocenters. The number of hydrogen-bond acceptors (Lipinski definition) is 2. The minimum Gasteiger partial charge on any atom is -0.355 e. The molecule has 3 aromatic rings. The molecule has 0 atom stereocenters. The third-order valence-corrected chi connectivity index (χ3v) is 2.79. The molecule has 88 valence electrons. The van der Waals surface area contributed by atoms with Gasteiger partial charge in [-0.15, -0.1) is 0 Å². The Labute approximate surface area is 104 Å². The van der Waals surface area contributed by atoms with Crippen molar-refractivity contribution in [1.29, 1.82) is 0 Å². The van der Waals surface area contributed by atoms with Crippen molar-refractivity contribution in [2.24, 2.45) is 0 Å². The van der Waals surface area contributed by atoms with E-state index in [4.69, 9.17) is 0 Å². The Morgan fingerprint density at radius 3 is 2.44 bits per heavy atom. The van der Waals surface area contributed by atoms with Crippen LogP contribution in [-0.2, 0) is 0 Å². The highest BCUT2D eigenvalue weighted by Crippen LogP contribution is 2.20. The van der Waals surface area contributed by atoms with Gasteiger partial charge in [0.1, 0.15) is 0 Å². The predicted molar refractivity (Wildman–Crippen MR) is 74.3 cm³/mol. The smallest absolute Gasteiger partial charge is 0.248 e. The monoisotopic (exact) mass is 236 g/mol. The second-order valence-corrected chi connectivity index (χ2v) is 4.12. The zero-order valence-corrected chi connectivity index (χ0v) is 9.68. The zero-order chi connectivity index (χ0) is 12.4. The molecule has 0 amide bonds. The number of fused-ring (bicyclic) bond motifs is 1. The number of benzene rings is 2. The first-order chi connectivity index (χ1) is 8.81. The molecule has 3 nitrogen and oxygen atoms in total. The quantitative estimate of drug-likeness (QED) is 0.717. The highest BCUT2D eigenvalue weighted by Gasteiger charge is 1.98. The van der Waals surface area contributed by atoms with Crippen LogP contribution < -0.4 is 10.9 Å². The summed E-state index contributed by atoms with van der Waals surface area (Å²) in [5.74, 6) is 0. The summed E-state index contributed by atoms with van der Waals surface area (Å²) in [6, 6.07) is 19.2. The number of aromatic nitrogens is 1. The van der Waals surface area contributed by atoms with Crippen LogP contribution in [0.3, 0.4) is 0 Å². The molecular weight excluding hydrogens is 224 g/mol. The normalized spacial score (nSPS) is 10.4. The van der Waals surface area contributed by atoms with Gasteiger partial charge in [-0.05, 0) is 35.7 Å². The van der Waals surface area contributed by atoms with Crippen molar-refractivity contribution in [1.82, 2.24) is 4.98 Å². The number of hydrogen-bond donors (Lipinski definition) is 2. The second-order valence-electron chi connectivity index (χ2n) is 4.12. The fourth-order valence-corrected chi connectivity index (χ4v) is 1.92. The number of rotatable bonds is 2. The molecule has 1 aromatic heterocycles. The minimum absolute atomic E-state index is 0.0839. The first-order valence-electron chi connectivity index (χ1n) is 5.76. The lowest BCUT2D eigenvalue weighted by atomic mass is 10.2. The van der Waals surface area contributed by atoms with Crippen LogP contribution in [0.2, 0.25) is 0 Å². The lowest BCUT2D eigenvalue weighted by molar-refractivity contribution is 1.31. The van der Waals surface area contributed by atoms with E-state index >= 15 is 0 Å². The molecule has 0 radical (unpaired) electrons. The van der Waals surface area contributed by atoms with Crippen LogP contribution in [0.25, 0.3) is 10.9 Å². The van der Waals surface area contributed by atoms with E-state index in [2.05, 4.69) is 10.3 Å². The molecule has 2 aromatic carbocycles. The van der Waals surface area contributed by atoms with Crippen LogP contribution in [-0.4, -0.2) is 4.98 Å². The van der Waals surface area contributed by atoms with Gasteiger partial charge in [0.05, 0.1) is 5.52 Å². The minimum atomic E-state index is -0.0839. The molecule has 0 bridgehead atoms. The maximum atomic E-state index is 11.3. The molecule has 0 fully saturated rings. The van der Waals surface area contributed by atoms with Crippen molar-refractivity contribution in [3.8, 4) is 0 Å². The first-order valence-corrected chi connectivity index (χ1v) is 5.76. The van der Waals surface area contributed by atoms with Gasteiger partial charge in [0, 0.05) is 17.4 Å². The van der Waals surface area contributed by atoms with Crippen molar-refractivity contribution < 1.29 is 0 Å². The molecule has 18 heavy (non-hydrogen) atoms. The Kier molecular flexibility index (Phi) is 2.57. The number of aromatic amines is 1. The summed E-state index contributed by atoms with van der Waals surface area (Å²) in [5, 5.41) is 4.31. The summed E-state index contributed by atoms with van der Waals surface area (Å²) in [6.45, 7) is 0. The van der Waals surface area contributed by atoms with Crippen molar-refractivity contribution in [3.05, 3.63) is 71.0 Å². The fraction of sp³-hybridized carbons (Fsp3) is 0. The number of anilines is 2. The molecule has 0 aliphatic heterocycles. The van der Waals surface area contributed by atoms with Crippen LogP contribution in [0.1, 0.15) is 0 Å². The van der Waals surface area contributed by atoms with E-state index in [0.717, 1.165) is 22.3 Å². The highest BCUT2D eigenvalue weighted by molar-refractivity contribution is 5.82. The standard InChI is InChI=1S/C15H12N2O/c18-15-9-7-11-6-8-13(10-14(11)17-15)16-12-4-2-1-3-5-12/h1-10,16H,(H,17,18). The van der Waals surface area contributed by atoms with Crippen LogP contribution in [0.5, 0.6) is 0 Å². The summed E-state index contributed by atoms with van der Waals surface area (Å²) < 4.78 is 0. The Balaban J connectivity index is 2.00. The third-order valence-electron chi connectivity index (χ3n) is 2.79. The van der Waals surface area contributed by atoms with Gasteiger partial charge in [-0.25, -0.2) is 0 Å². The molecule has 3 rings (SSSR count). The highest BCUT2D eigenvalue weighted by atomic mass is 16.1. The molecule has 0 aliphatic carbocycles. The van der Waals surface area contributed by atoms with Gasteiger partial charge in [-0.1, -0.05) is 24.3 Å². The van der Waals surface area contributed by atoms with E-state index in [1.54, 1.807) is 0 Å². The summed E-state index contributed by atoms with van der Waals surface area (Å²) in [5.41, 5.74) is 2.73. The molecule has 3 heteroatoms. The van der Waals surface area contributed by atoms with E-state index in [-0.39, 0.29) is 5.56 Å². The molecule has 0 saturated carbocycles. The number of para-hydroxylation sites is 1. The average Bonchev–Trinajstić information content (AvgIpc) is 2.39. The summed E-state index contributed by atoms with van der Waals surface area (Å²) in [4.78, 5) is 14.1. The summed E-state index contributed by atoms with van der Waals surface area (Å²) in [7, 11) is 0. The predicted octanol–water partition coefficient (Wildman–Crippen LogP) is 3.27. The SMILES string of the molecule is O=c1ccc2ccc(Nc3ccccc3)cc2[nH]1. The van der Waals surface area contributed by atoms with Crippen molar-refractivity contribution in [2.75, 3.05) is 5.32 Å². The fourth-order valence-electron chi connectivity index (χ4n) is 1.92. The van der Waals surface area contributed by atoms with Gasteiger partial charge >= 0.3 is 0 Å². The topological polar surface area (TPSA) is 44.9 Å². The Bertz CT molecular complexity index is 732. The van der Waals surface area contributed by atoms with Crippen LogP contribution in [0.4, 0.5) is 11.4 Å². The van der Waals surface area contributed by atoms with Crippen molar-refractivity contribution >= 4 is 22.3 Å². The van der Waals surface area contributed by atoms with Gasteiger partial charge in [0.2, 0.25) is 5.56 Å². The van der Waals surface area contributed by atoms with Crippen molar-refractivity contribution in [3.63, 3.8) is 0 Å². The van der Waals surface area contributed by atoms with E-state index < -0.39 is 0 Å². The number of H-pyrrole nitrogens is 1. The average molecular weight is 236 g/mol. The molecule has 2 N–H and O–H groups in total. The third kappa shape index (κ3) is 2.11. The van der Waals surface area contributed by atoms with Gasteiger partial charge < -0.3 is 10.3 Å². The van der Waals surface area contributed by atoms with E-state index in [0.29, 0.717) is 0 Å². The van der Waals surface area contributed by atoms with Crippen molar-refractivity contribution in [2.45, 2.75) is 0 Å². The molecule has 0 saturated heterocycles. The largest absolute Gasteiger partial charge is 0.355 e. The van der Waals surface area contributed by atoms with Gasteiger partial charge in [-0.3, -0.25) is 4.79 Å². The number of nitrogens with one attached hydrogen (secondary N) is 2. The van der Waals surface area contributed by atoms with E-state index in [1.807, 2.05) is 54.6 Å². The molecule has 1 heterocycles. The van der Waals surface area contributed by atoms with Crippen LogP contribution >= 0.6 is 0 Å². The molecule has 0 aliphatic rings. The Morgan fingerprint density at radius 2 is 1.61 bits per heavy atom. The summed E-state index contributed by atoms with van der Waals surface area (Å²) >= 11 is 0. The molecular formula is C15H12N2O. The Morgan fingerprint density at radius 1 is 0.833 bits per heavy atom. The molecule has 0 spiro atoms. The van der Waals surface area contributed by atoms with Crippen LogP contribution in [0, 0.1) is 0 Å². The maximum absolute atomic E-state index is 11.3. The summed E-state index contributed by atoms with van der Waals surface area (Å²) in [6.07, 6.45) is 0. The lowest BCUT2D eigenvalue weighted by Crippen LogP contribution is -2.02. The Hall–Kier alpha value is -2.55. The van der Waals surface area contributed by atoms with E-state index in [1.165, 1.54) is 6.07 Å². The van der Waals surface area contributed by atoms with Crippen LogP contribution in [0.15, 0.2) is 65.5 Å². The zero-order valence-electron chi connectivity index (χ0n) is 9.68. The van der Waals surface area contributed by atoms with Gasteiger partial charge in [-0.2, -0.15) is 0 Å². The van der Waals surface area contributed by atoms with Gasteiger partial charge in [0.25, 0.3) is 0 Å². The maximum Gasteiger partial charge on any atom is 0.248 e. The second kappa shape index (κ2) is 4.37.